The van der Waals surface area contributed by atoms with Crippen LogP contribution in [0, 0.1) is 5.41 Å². The largest absolute Gasteiger partial charge is 0.494 e. The number of thiocarbonyl (C=S) groups is 1. The minimum atomic E-state index is -0.528. The summed E-state index contributed by atoms with van der Waals surface area (Å²) in [6.07, 6.45) is 6.27. The number of hydrogen-bond acceptors (Lipinski definition) is 5. The second-order valence-electron chi connectivity index (χ2n) is 10.8. The van der Waals surface area contributed by atoms with Crippen LogP contribution < -0.4 is 20.3 Å². The van der Waals surface area contributed by atoms with Crippen molar-refractivity contribution in [3.63, 3.8) is 0 Å². The van der Waals surface area contributed by atoms with Gasteiger partial charge in [0, 0.05) is 48.4 Å². The predicted octanol–water partition coefficient (Wildman–Crippen LogP) is 5.23. The summed E-state index contributed by atoms with van der Waals surface area (Å²) < 4.78 is 13.9. The molecule has 1 aromatic carbocycles. The van der Waals surface area contributed by atoms with E-state index in [1.165, 1.54) is 0 Å². The molecule has 38 heavy (non-hydrogen) atoms. The number of methoxy groups -OCH3 is 1. The van der Waals surface area contributed by atoms with E-state index >= 15 is 0 Å². The van der Waals surface area contributed by atoms with Crippen molar-refractivity contribution in [2.45, 2.75) is 58.3 Å². The van der Waals surface area contributed by atoms with Gasteiger partial charge < -0.3 is 29.6 Å². The molecule has 1 amide bonds. The van der Waals surface area contributed by atoms with Crippen molar-refractivity contribution < 1.29 is 14.3 Å². The smallest absolute Gasteiger partial charge is 0.229 e. The fourth-order valence-electron chi connectivity index (χ4n) is 5.05. The summed E-state index contributed by atoms with van der Waals surface area (Å²) in [5.74, 6) is 0.486. The summed E-state index contributed by atoms with van der Waals surface area (Å²) in [5.41, 5.74) is 2.98. The van der Waals surface area contributed by atoms with Crippen molar-refractivity contribution in [2.24, 2.45) is 5.41 Å². The first kappa shape index (κ1) is 26.2. The van der Waals surface area contributed by atoms with E-state index in [4.69, 9.17) is 21.7 Å². The number of ether oxygens (including phenoxy) is 2. The van der Waals surface area contributed by atoms with Crippen LogP contribution in [0.1, 0.15) is 57.1 Å². The molecule has 2 aliphatic heterocycles. The second kappa shape index (κ2) is 10.7. The summed E-state index contributed by atoms with van der Waals surface area (Å²) in [6.45, 7) is 7.25. The van der Waals surface area contributed by atoms with Crippen molar-refractivity contribution in [3.05, 3.63) is 72.3 Å². The molecular weight excluding hydrogens is 498 g/mol. The third-order valence-corrected chi connectivity index (χ3v) is 7.40. The maximum atomic E-state index is 12.7. The van der Waals surface area contributed by atoms with Crippen LogP contribution in [0.3, 0.4) is 0 Å². The minimum absolute atomic E-state index is 0.0815. The zero-order valence-corrected chi connectivity index (χ0v) is 23.1. The fraction of sp³-hybridized carbons (Fsp3) is 0.414. The third kappa shape index (κ3) is 5.26. The van der Waals surface area contributed by atoms with Crippen LogP contribution in [0.4, 0.5) is 11.4 Å². The zero-order chi connectivity index (χ0) is 26.9. The van der Waals surface area contributed by atoms with Gasteiger partial charge in [0.1, 0.15) is 11.8 Å². The van der Waals surface area contributed by atoms with Gasteiger partial charge in [-0.15, -0.1) is 0 Å². The Balaban J connectivity index is 1.54. The summed E-state index contributed by atoms with van der Waals surface area (Å²) in [5, 5.41) is 7.12. The van der Waals surface area contributed by atoms with E-state index < -0.39 is 5.41 Å². The summed E-state index contributed by atoms with van der Waals surface area (Å²) in [4.78, 5) is 19.4. The lowest BCUT2D eigenvalue weighted by molar-refractivity contribution is -0.123. The first-order valence-corrected chi connectivity index (χ1v) is 13.4. The van der Waals surface area contributed by atoms with E-state index in [0.29, 0.717) is 16.5 Å². The molecule has 0 aliphatic carbocycles. The highest BCUT2D eigenvalue weighted by Gasteiger charge is 2.42. The lowest BCUT2D eigenvalue weighted by Gasteiger charge is -2.30. The maximum absolute atomic E-state index is 12.7. The van der Waals surface area contributed by atoms with Crippen LogP contribution in [-0.4, -0.2) is 40.4 Å². The van der Waals surface area contributed by atoms with E-state index in [1.54, 1.807) is 13.3 Å². The number of carbonyl (C=O) groups excluding carboxylic acids is 1. The second-order valence-corrected chi connectivity index (χ2v) is 11.2. The van der Waals surface area contributed by atoms with Crippen molar-refractivity contribution in [2.75, 3.05) is 23.9 Å². The standard InChI is InChI=1S/C29H35N5O3S/c1-29(2,3)27(35)31-21-13-12-19(17-24(21)36-4)34-26(25(32-28(34)38)22-10-5-6-14-30-22)23-11-7-15-33(23)18-20-9-8-16-37-20/h5-7,10-15,17,20,25-26H,8-9,16,18H2,1-4H3,(H,31,35)(H,32,38)/t20-,25-,26+/m1/s1. The van der Waals surface area contributed by atoms with Crippen LogP contribution in [0.25, 0.3) is 0 Å². The van der Waals surface area contributed by atoms with Gasteiger partial charge in [-0.1, -0.05) is 26.8 Å². The number of nitrogens with one attached hydrogen (secondary N) is 2. The number of carbonyl (C=O) groups is 1. The number of anilines is 2. The Bertz CT molecular complexity index is 1300. The predicted molar refractivity (Wildman–Crippen MR) is 152 cm³/mol. The zero-order valence-electron chi connectivity index (χ0n) is 22.3. The van der Waals surface area contributed by atoms with E-state index in [-0.39, 0.29) is 24.1 Å². The molecule has 2 saturated heterocycles. The van der Waals surface area contributed by atoms with Gasteiger partial charge in [0.2, 0.25) is 5.91 Å². The number of benzene rings is 1. The van der Waals surface area contributed by atoms with Crippen molar-refractivity contribution >= 4 is 34.6 Å². The van der Waals surface area contributed by atoms with Gasteiger partial charge in [0.15, 0.2) is 5.11 Å². The van der Waals surface area contributed by atoms with Crippen LogP contribution in [0.15, 0.2) is 60.9 Å². The maximum Gasteiger partial charge on any atom is 0.229 e. The number of pyridine rings is 1. The highest BCUT2D eigenvalue weighted by Crippen LogP contribution is 2.43. The van der Waals surface area contributed by atoms with Gasteiger partial charge in [-0.05, 0) is 61.5 Å². The van der Waals surface area contributed by atoms with Gasteiger partial charge in [0.05, 0.1) is 30.6 Å². The lowest BCUT2D eigenvalue weighted by Crippen LogP contribution is -2.31. The topological polar surface area (TPSA) is 80.7 Å². The highest BCUT2D eigenvalue weighted by molar-refractivity contribution is 7.80. The number of rotatable bonds is 7. The van der Waals surface area contributed by atoms with E-state index in [9.17, 15) is 4.79 Å². The molecule has 2 aromatic heterocycles. The fourth-order valence-corrected chi connectivity index (χ4v) is 5.39. The van der Waals surface area contributed by atoms with Gasteiger partial charge in [-0.3, -0.25) is 9.78 Å². The summed E-state index contributed by atoms with van der Waals surface area (Å²) in [6, 6.07) is 15.6. The monoisotopic (exact) mass is 533 g/mol. The number of aromatic nitrogens is 2. The third-order valence-electron chi connectivity index (χ3n) is 7.08. The van der Waals surface area contributed by atoms with Crippen LogP contribution in [0.5, 0.6) is 5.75 Å². The lowest BCUT2D eigenvalue weighted by atomic mass is 9.95. The Morgan fingerprint density at radius 2 is 2.08 bits per heavy atom. The first-order valence-electron chi connectivity index (χ1n) is 13.0. The highest BCUT2D eigenvalue weighted by atomic mass is 32.1. The van der Waals surface area contributed by atoms with Crippen LogP contribution in [0.2, 0.25) is 0 Å². The molecule has 5 rings (SSSR count). The van der Waals surface area contributed by atoms with Crippen LogP contribution in [-0.2, 0) is 16.1 Å². The van der Waals surface area contributed by atoms with Gasteiger partial charge in [0.25, 0.3) is 0 Å². The van der Waals surface area contributed by atoms with Crippen LogP contribution >= 0.6 is 12.2 Å². The van der Waals surface area contributed by atoms with E-state index in [2.05, 4.69) is 43.4 Å². The Labute approximate surface area is 229 Å². The molecule has 2 N–H and O–H groups in total. The molecular formula is C29H35N5O3S. The Morgan fingerprint density at radius 3 is 2.76 bits per heavy atom. The molecule has 9 heteroatoms. The average Bonchev–Trinajstić information content (AvgIpc) is 3.65. The molecule has 2 aliphatic rings. The normalized spacial score (nSPS) is 21.4. The Kier molecular flexibility index (Phi) is 7.40. The number of amides is 1. The SMILES string of the molecule is COc1cc(N2C(=S)N[C@H](c3ccccn3)[C@@H]2c2cccn2C[C@H]2CCCO2)ccc1NC(=O)C(C)(C)C. The number of nitrogens with zero attached hydrogens (tertiary/aromatic N) is 3. The number of hydrogen-bond donors (Lipinski definition) is 2. The quantitative estimate of drug-likeness (QED) is 0.403. The Morgan fingerprint density at radius 1 is 1.24 bits per heavy atom. The molecule has 0 saturated carbocycles. The van der Waals surface area contributed by atoms with Gasteiger partial charge in [-0.25, -0.2) is 0 Å². The first-order chi connectivity index (χ1) is 18.3. The molecule has 0 bridgehead atoms. The molecule has 200 valence electrons. The van der Waals surface area contributed by atoms with E-state index in [1.807, 2.05) is 57.2 Å². The minimum Gasteiger partial charge on any atom is -0.494 e. The van der Waals surface area contributed by atoms with Gasteiger partial charge >= 0.3 is 0 Å². The molecule has 3 atom stereocenters. The average molecular weight is 534 g/mol. The van der Waals surface area contributed by atoms with E-state index in [0.717, 1.165) is 43.1 Å². The molecule has 0 spiro atoms. The molecule has 8 nitrogen and oxygen atoms in total. The molecule has 3 aromatic rings. The molecule has 2 fully saturated rings. The van der Waals surface area contributed by atoms with Crippen molar-refractivity contribution in [1.29, 1.82) is 0 Å². The summed E-state index contributed by atoms with van der Waals surface area (Å²) >= 11 is 5.91. The summed E-state index contributed by atoms with van der Waals surface area (Å²) in [7, 11) is 1.60. The molecule has 4 heterocycles. The van der Waals surface area contributed by atoms with Gasteiger partial charge in [-0.2, -0.15) is 0 Å². The van der Waals surface area contributed by atoms with Crippen molar-refractivity contribution in [3.8, 4) is 5.75 Å². The molecule has 0 radical (unpaired) electrons. The van der Waals surface area contributed by atoms with Crippen molar-refractivity contribution in [1.82, 2.24) is 14.9 Å². The Hall–Kier alpha value is -3.43. The molecule has 0 unspecified atom stereocenters.